The molecule has 2 rings (SSSR count). The van der Waals surface area contributed by atoms with Crippen LogP contribution in [0, 0.1) is 12.7 Å². The molecule has 0 bridgehead atoms. The number of hydrogen-bond acceptors (Lipinski definition) is 4. The molecular weight excluding hydrogens is 221 g/mol. The maximum Gasteiger partial charge on any atom is 0.242 e. The highest BCUT2D eigenvalue weighted by Crippen LogP contribution is 2.25. The molecule has 0 fully saturated rings. The van der Waals surface area contributed by atoms with Crippen molar-refractivity contribution in [2.45, 2.75) is 13.5 Å². The Morgan fingerprint density at radius 1 is 1.29 bits per heavy atom. The first-order chi connectivity index (χ1) is 8.22. The third-order valence-corrected chi connectivity index (χ3v) is 2.29. The fourth-order valence-electron chi connectivity index (χ4n) is 1.38. The lowest BCUT2D eigenvalue weighted by molar-refractivity contribution is 0.418. The van der Waals surface area contributed by atoms with Gasteiger partial charge in [-0.1, -0.05) is 12.1 Å². The van der Waals surface area contributed by atoms with E-state index in [2.05, 4.69) is 9.97 Å². The van der Waals surface area contributed by atoms with Gasteiger partial charge in [0.05, 0.1) is 0 Å². The summed E-state index contributed by atoms with van der Waals surface area (Å²) in [5, 5.41) is 0. The number of nitrogens with two attached hydrogens (primary N) is 1. The minimum atomic E-state index is -0.402. The molecular formula is C12H12FN3O. The molecule has 0 aliphatic rings. The number of ether oxygens (including phenoxy) is 1. The van der Waals surface area contributed by atoms with Crippen molar-refractivity contribution in [2.75, 3.05) is 0 Å². The van der Waals surface area contributed by atoms with E-state index in [-0.39, 0.29) is 18.2 Å². The number of rotatable bonds is 3. The molecule has 2 N–H and O–H groups in total. The maximum atomic E-state index is 13.7. The molecule has 1 aromatic heterocycles. The van der Waals surface area contributed by atoms with E-state index in [4.69, 9.17) is 10.5 Å². The predicted octanol–water partition coefficient (Wildman–Crippen LogP) is 2.18. The molecule has 0 amide bonds. The van der Waals surface area contributed by atoms with Gasteiger partial charge in [-0.3, -0.25) is 4.98 Å². The Morgan fingerprint density at radius 2 is 2.06 bits per heavy atom. The highest BCUT2D eigenvalue weighted by molar-refractivity contribution is 5.34. The molecule has 4 nitrogen and oxygen atoms in total. The van der Waals surface area contributed by atoms with Gasteiger partial charge in [0.1, 0.15) is 5.69 Å². The van der Waals surface area contributed by atoms with Crippen molar-refractivity contribution in [2.24, 2.45) is 5.73 Å². The number of halogens is 1. The molecule has 0 radical (unpaired) electrons. The second kappa shape index (κ2) is 4.88. The minimum Gasteiger partial charge on any atom is -0.434 e. The molecule has 0 saturated heterocycles. The quantitative estimate of drug-likeness (QED) is 0.882. The van der Waals surface area contributed by atoms with Crippen molar-refractivity contribution in [3.8, 4) is 11.6 Å². The predicted molar refractivity (Wildman–Crippen MR) is 61.1 cm³/mol. The molecule has 1 aromatic carbocycles. The largest absolute Gasteiger partial charge is 0.434 e. The number of hydrogen-bond donors (Lipinski definition) is 1. The monoisotopic (exact) mass is 233 g/mol. The third kappa shape index (κ3) is 2.39. The van der Waals surface area contributed by atoms with Crippen LogP contribution in [0.3, 0.4) is 0 Å². The normalized spacial score (nSPS) is 10.3. The molecule has 1 heterocycles. The summed E-state index contributed by atoms with van der Waals surface area (Å²) in [6, 6.07) is 4.92. The van der Waals surface area contributed by atoms with Crippen LogP contribution in [0.15, 0.2) is 30.6 Å². The van der Waals surface area contributed by atoms with Crippen LogP contribution in [-0.2, 0) is 6.54 Å². The molecule has 0 aliphatic heterocycles. The van der Waals surface area contributed by atoms with E-state index in [1.807, 2.05) is 0 Å². The molecule has 2 aromatic rings. The van der Waals surface area contributed by atoms with Crippen molar-refractivity contribution < 1.29 is 9.13 Å². The summed E-state index contributed by atoms with van der Waals surface area (Å²) in [4.78, 5) is 7.99. The summed E-state index contributed by atoms with van der Waals surface area (Å²) in [7, 11) is 0. The van der Waals surface area contributed by atoms with Gasteiger partial charge in [-0.25, -0.2) is 9.37 Å². The second-order valence-electron chi connectivity index (χ2n) is 3.50. The van der Waals surface area contributed by atoms with E-state index in [1.54, 1.807) is 19.1 Å². The van der Waals surface area contributed by atoms with Gasteiger partial charge in [0, 0.05) is 18.9 Å². The summed E-state index contributed by atoms with van der Waals surface area (Å²) in [5.74, 6) is -0.0409. The van der Waals surface area contributed by atoms with Gasteiger partial charge in [-0.05, 0) is 18.6 Å². The second-order valence-corrected chi connectivity index (χ2v) is 3.50. The smallest absolute Gasteiger partial charge is 0.242 e. The van der Waals surface area contributed by atoms with Crippen LogP contribution in [0.2, 0.25) is 0 Å². The summed E-state index contributed by atoms with van der Waals surface area (Å²) in [6.45, 7) is 1.86. The fraction of sp³-hybridized carbons (Fsp3) is 0.167. The van der Waals surface area contributed by atoms with Gasteiger partial charge >= 0.3 is 0 Å². The van der Waals surface area contributed by atoms with Crippen molar-refractivity contribution >= 4 is 0 Å². The van der Waals surface area contributed by atoms with Gasteiger partial charge in [0.15, 0.2) is 11.6 Å². The molecule has 17 heavy (non-hydrogen) atoms. The minimum absolute atomic E-state index is 0.125. The van der Waals surface area contributed by atoms with E-state index < -0.39 is 5.82 Å². The van der Waals surface area contributed by atoms with Crippen LogP contribution >= 0.6 is 0 Å². The molecule has 0 spiro atoms. The molecule has 5 heteroatoms. The number of aryl methyl sites for hydroxylation is 1. The van der Waals surface area contributed by atoms with Crippen molar-refractivity contribution in [3.05, 3.63) is 47.7 Å². The van der Waals surface area contributed by atoms with Crippen LogP contribution in [0.1, 0.15) is 11.3 Å². The van der Waals surface area contributed by atoms with Gasteiger partial charge < -0.3 is 10.5 Å². The third-order valence-electron chi connectivity index (χ3n) is 2.29. The van der Waals surface area contributed by atoms with Gasteiger partial charge in [0.2, 0.25) is 5.88 Å². The van der Waals surface area contributed by atoms with Gasteiger partial charge in [-0.2, -0.15) is 0 Å². The number of benzene rings is 1. The van der Waals surface area contributed by atoms with Gasteiger partial charge in [-0.15, -0.1) is 0 Å². The van der Waals surface area contributed by atoms with Crippen molar-refractivity contribution in [1.82, 2.24) is 9.97 Å². The standard InChI is InChI=1S/C12H12FN3O/c1-8-3-2-4-10(11(8)13)17-12-9(7-14)15-5-6-16-12/h2-6H,7,14H2,1H3. The molecule has 0 atom stereocenters. The molecule has 0 saturated carbocycles. The average molecular weight is 233 g/mol. The van der Waals surface area contributed by atoms with Crippen LogP contribution in [0.5, 0.6) is 11.6 Å². The summed E-state index contributed by atoms with van der Waals surface area (Å²) in [6.07, 6.45) is 2.99. The zero-order chi connectivity index (χ0) is 12.3. The Morgan fingerprint density at radius 3 is 2.82 bits per heavy atom. The maximum absolute atomic E-state index is 13.7. The van der Waals surface area contributed by atoms with E-state index in [0.29, 0.717) is 11.3 Å². The Bertz CT molecular complexity index is 531. The first kappa shape index (κ1) is 11.5. The Labute approximate surface area is 98.3 Å². The fourth-order valence-corrected chi connectivity index (χ4v) is 1.38. The van der Waals surface area contributed by atoms with Crippen molar-refractivity contribution in [1.29, 1.82) is 0 Å². The summed E-state index contributed by atoms with van der Waals surface area (Å²) < 4.78 is 19.1. The van der Waals surface area contributed by atoms with Crippen molar-refractivity contribution in [3.63, 3.8) is 0 Å². The lowest BCUT2D eigenvalue weighted by Gasteiger charge is -2.09. The Kier molecular flexibility index (Phi) is 3.30. The molecule has 0 aliphatic carbocycles. The summed E-state index contributed by atoms with van der Waals surface area (Å²) in [5.41, 5.74) is 6.50. The van der Waals surface area contributed by atoms with Crippen LogP contribution in [0.25, 0.3) is 0 Å². The lowest BCUT2D eigenvalue weighted by atomic mass is 10.2. The molecule has 88 valence electrons. The first-order valence-electron chi connectivity index (χ1n) is 5.15. The van der Waals surface area contributed by atoms with Gasteiger partial charge in [0.25, 0.3) is 0 Å². The van der Waals surface area contributed by atoms with E-state index in [1.165, 1.54) is 18.5 Å². The van der Waals surface area contributed by atoms with E-state index in [9.17, 15) is 4.39 Å². The molecule has 0 unspecified atom stereocenters. The zero-order valence-electron chi connectivity index (χ0n) is 9.35. The zero-order valence-corrected chi connectivity index (χ0v) is 9.35. The SMILES string of the molecule is Cc1cccc(Oc2nccnc2CN)c1F. The van der Waals surface area contributed by atoms with E-state index >= 15 is 0 Å². The lowest BCUT2D eigenvalue weighted by Crippen LogP contribution is -2.04. The van der Waals surface area contributed by atoms with E-state index in [0.717, 1.165) is 0 Å². The Balaban J connectivity index is 2.35. The first-order valence-corrected chi connectivity index (χ1v) is 5.15. The van der Waals surface area contributed by atoms with Crippen LogP contribution in [-0.4, -0.2) is 9.97 Å². The number of aromatic nitrogens is 2. The average Bonchev–Trinajstić information content (AvgIpc) is 2.35. The Hall–Kier alpha value is -2.01. The highest BCUT2D eigenvalue weighted by Gasteiger charge is 2.10. The topological polar surface area (TPSA) is 61.0 Å². The van der Waals surface area contributed by atoms with Crippen LogP contribution in [0.4, 0.5) is 4.39 Å². The number of nitrogens with zero attached hydrogens (tertiary/aromatic N) is 2. The van der Waals surface area contributed by atoms with Crippen LogP contribution < -0.4 is 10.5 Å². The summed E-state index contributed by atoms with van der Waals surface area (Å²) >= 11 is 0. The highest BCUT2D eigenvalue weighted by atomic mass is 19.1.